The molecule has 1 aromatic heterocycles. The monoisotopic (exact) mass is 536 g/mol. The standard InChI is InChI=1S/C19H13Cl2F3N4O5S/c20-12-2-1-9(14(21)4-12)8-34(32,33)27-17(29)11-6-28(7-11)16-10(5-25)3-13(18(30)31)15(26-16)19(22,23)24/h1-4,11H,6-8H2,(H,27,29)(H,30,31). The fourth-order valence-electron chi connectivity index (χ4n) is 3.14. The predicted octanol–water partition coefficient (Wildman–Crippen LogP) is 3.06. The number of aromatic carboxylic acids is 1. The number of nitriles is 1. The Balaban J connectivity index is 1.73. The van der Waals surface area contributed by atoms with Crippen LogP contribution >= 0.6 is 23.2 Å². The number of hydrogen-bond acceptors (Lipinski definition) is 7. The second-order valence-corrected chi connectivity index (χ2v) is 9.80. The Morgan fingerprint density at radius 3 is 2.44 bits per heavy atom. The Hall–Kier alpha value is -3.08. The number of carboxylic acids is 1. The van der Waals surface area contributed by atoms with Gasteiger partial charge in [0.15, 0.2) is 5.69 Å². The Kier molecular flexibility index (Phi) is 6.97. The molecule has 3 rings (SSSR count). The number of rotatable bonds is 6. The van der Waals surface area contributed by atoms with Crippen molar-refractivity contribution in [3.8, 4) is 6.07 Å². The van der Waals surface area contributed by atoms with E-state index in [4.69, 9.17) is 28.3 Å². The molecule has 1 saturated heterocycles. The predicted molar refractivity (Wildman–Crippen MR) is 114 cm³/mol. The lowest BCUT2D eigenvalue weighted by atomic mass is 9.98. The second kappa shape index (κ2) is 9.28. The molecule has 0 bridgehead atoms. The summed E-state index contributed by atoms with van der Waals surface area (Å²) in [5.74, 6) is -4.82. The van der Waals surface area contributed by atoms with Gasteiger partial charge in [0.25, 0.3) is 0 Å². The van der Waals surface area contributed by atoms with Gasteiger partial charge in [0.05, 0.1) is 22.8 Å². The van der Waals surface area contributed by atoms with Crippen molar-refractivity contribution in [2.45, 2.75) is 11.9 Å². The van der Waals surface area contributed by atoms with Gasteiger partial charge in [-0.15, -0.1) is 0 Å². The molecule has 15 heteroatoms. The first-order valence-electron chi connectivity index (χ1n) is 9.20. The van der Waals surface area contributed by atoms with Crippen molar-refractivity contribution in [1.82, 2.24) is 9.71 Å². The van der Waals surface area contributed by atoms with Crippen LogP contribution in [-0.4, -0.2) is 43.5 Å². The van der Waals surface area contributed by atoms with E-state index in [1.165, 1.54) is 18.2 Å². The molecule has 0 radical (unpaired) electrons. The molecule has 9 nitrogen and oxygen atoms in total. The fourth-order valence-corrected chi connectivity index (χ4v) is 4.90. The normalized spacial score (nSPS) is 14.3. The van der Waals surface area contributed by atoms with Crippen LogP contribution in [0.3, 0.4) is 0 Å². The smallest absolute Gasteiger partial charge is 0.434 e. The van der Waals surface area contributed by atoms with Gasteiger partial charge in [0.2, 0.25) is 15.9 Å². The van der Waals surface area contributed by atoms with Crippen LogP contribution in [0.1, 0.15) is 27.2 Å². The van der Waals surface area contributed by atoms with E-state index < -0.39 is 62.4 Å². The summed E-state index contributed by atoms with van der Waals surface area (Å²) in [4.78, 5) is 28.0. The fraction of sp³-hybridized carbons (Fsp3) is 0.263. The van der Waals surface area contributed by atoms with E-state index in [0.717, 1.165) is 4.90 Å². The molecule has 1 aliphatic rings. The van der Waals surface area contributed by atoms with Gasteiger partial charge in [-0.05, 0) is 23.8 Å². The minimum absolute atomic E-state index is 0.0838. The lowest BCUT2D eigenvalue weighted by molar-refractivity contribution is -0.141. The van der Waals surface area contributed by atoms with Crippen molar-refractivity contribution in [1.29, 1.82) is 5.26 Å². The van der Waals surface area contributed by atoms with Crippen LogP contribution in [0.4, 0.5) is 19.0 Å². The van der Waals surface area contributed by atoms with Crippen LogP contribution in [0.2, 0.25) is 10.0 Å². The topological polar surface area (TPSA) is 140 Å². The minimum atomic E-state index is -5.10. The third-order valence-corrected chi connectivity index (χ3v) is 6.58. The minimum Gasteiger partial charge on any atom is -0.478 e. The molecule has 180 valence electrons. The molecule has 1 amide bonds. The van der Waals surface area contributed by atoms with Crippen molar-refractivity contribution in [2.24, 2.45) is 5.92 Å². The van der Waals surface area contributed by atoms with E-state index >= 15 is 0 Å². The van der Waals surface area contributed by atoms with Gasteiger partial charge in [-0.2, -0.15) is 18.4 Å². The number of nitrogens with one attached hydrogen (secondary N) is 1. The van der Waals surface area contributed by atoms with Crippen LogP contribution in [0.25, 0.3) is 0 Å². The number of amides is 1. The summed E-state index contributed by atoms with van der Waals surface area (Å²) in [6.45, 7) is -0.483. The number of nitrogens with zero attached hydrogens (tertiary/aromatic N) is 3. The maximum Gasteiger partial charge on any atom is 0.434 e. The Morgan fingerprint density at radius 1 is 1.26 bits per heavy atom. The zero-order valence-electron chi connectivity index (χ0n) is 16.7. The number of aromatic nitrogens is 1. The number of hydrogen-bond donors (Lipinski definition) is 2. The van der Waals surface area contributed by atoms with Crippen LogP contribution in [0.5, 0.6) is 0 Å². The highest BCUT2D eigenvalue weighted by Gasteiger charge is 2.41. The van der Waals surface area contributed by atoms with Crippen molar-refractivity contribution in [2.75, 3.05) is 18.0 Å². The molecular weight excluding hydrogens is 524 g/mol. The Bertz CT molecular complexity index is 1320. The van der Waals surface area contributed by atoms with Gasteiger partial charge >= 0.3 is 12.1 Å². The van der Waals surface area contributed by atoms with E-state index in [1.54, 1.807) is 6.07 Å². The lowest BCUT2D eigenvalue weighted by Gasteiger charge is -2.39. The zero-order chi connectivity index (χ0) is 25.4. The summed E-state index contributed by atoms with van der Waals surface area (Å²) in [6.07, 6.45) is -5.10. The van der Waals surface area contributed by atoms with Gasteiger partial charge in [0, 0.05) is 23.1 Å². The average molecular weight is 537 g/mol. The third kappa shape index (κ3) is 5.52. The Morgan fingerprint density at radius 2 is 1.91 bits per heavy atom. The largest absolute Gasteiger partial charge is 0.478 e. The molecular formula is C19H13Cl2F3N4O5S. The second-order valence-electron chi connectivity index (χ2n) is 7.23. The first-order chi connectivity index (χ1) is 15.7. The molecule has 2 aromatic rings. The molecule has 0 spiro atoms. The summed E-state index contributed by atoms with van der Waals surface area (Å²) in [5, 5.41) is 18.6. The van der Waals surface area contributed by atoms with Crippen LogP contribution in [0.15, 0.2) is 24.3 Å². The van der Waals surface area contributed by atoms with Gasteiger partial charge < -0.3 is 10.0 Å². The van der Waals surface area contributed by atoms with Crippen LogP contribution in [-0.2, 0) is 26.7 Å². The molecule has 0 aliphatic carbocycles. The van der Waals surface area contributed by atoms with E-state index in [-0.39, 0.29) is 23.7 Å². The number of carboxylic acid groups (broad SMARTS) is 1. The van der Waals surface area contributed by atoms with Gasteiger partial charge in [0.1, 0.15) is 11.9 Å². The van der Waals surface area contributed by atoms with E-state index in [2.05, 4.69) is 4.98 Å². The number of carbonyl (C=O) groups excluding carboxylic acids is 1. The van der Waals surface area contributed by atoms with E-state index in [0.29, 0.717) is 11.1 Å². The first kappa shape index (κ1) is 25.5. The van der Waals surface area contributed by atoms with Gasteiger partial charge in [-0.25, -0.2) is 18.2 Å². The number of benzene rings is 1. The highest BCUT2D eigenvalue weighted by Crippen LogP contribution is 2.35. The van der Waals surface area contributed by atoms with Crippen molar-refractivity contribution >= 4 is 50.9 Å². The number of pyridine rings is 1. The van der Waals surface area contributed by atoms with Crippen LogP contribution in [0, 0.1) is 17.2 Å². The maximum absolute atomic E-state index is 13.3. The van der Waals surface area contributed by atoms with Crippen LogP contribution < -0.4 is 9.62 Å². The average Bonchev–Trinajstić information content (AvgIpc) is 2.67. The molecule has 1 fully saturated rings. The van der Waals surface area contributed by atoms with E-state index in [1.807, 2.05) is 4.72 Å². The number of sulfonamides is 1. The van der Waals surface area contributed by atoms with Crippen molar-refractivity contribution in [3.63, 3.8) is 0 Å². The SMILES string of the molecule is N#Cc1cc(C(=O)O)c(C(F)(F)F)nc1N1CC(C(=O)NS(=O)(=O)Cc2ccc(Cl)cc2Cl)C1. The molecule has 1 aliphatic heterocycles. The van der Waals surface area contributed by atoms with Crippen molar-refractivity contribution < 1.29 is 36.3 Å². The molecule has 1 aromatic carbocycles. The molecule has 0 atom stereocenters. The number of carbonyl (C=O) groups is 2. The summed E-state index contributed by atoms with van der Waals surface area (Å²) in [5.41, 5.74) is -3.11. The summed E-state index contributed by atoms with van der Waals surface area (Å²) < 4.78 is 66.3. The summed E-state index contributed by atoms with van der Waals surface area (Å²) in [7, 11) is -4.15. The molecule has 34 heavy (non-hydrogen) atoms. The quantitative estimate of drug-likeness (QED) is 0.573. The Labute approximate surface area is 200 Å². The number of anilines is 1. The van der Waals surface area contributed by atoms with Gasteiger partial charge in [-0.1, -0.05) is 29.3 Å². The summed E-state index contributed by atoms with van der Waals surface area (Å²) in [6, 6.07) is 6.29. The highest BCUT2D eigenvalue weighted by molar-refractivity contribution is 7.89. The first-order valence-corrected chi connectivity index (χ1v) is 11.6. The van der Waals surface area contributed by atoms with E-state index in [9.17, 15) is 36.4 Å². The maximum atomic E-state index is 13.3. The highest BCUT2D eigenvalue weighted by atomic mass is 35.5. The molecule has 2 N–H and O–H groups in total. The summed E-state index contributed by atoms with van der Waals surface area (Å²) >= 11 is 11.7. The zero-order valence-corrected chi connectivity index (χ0v) is 19.1. The lowest BCUT2D eigenvalue weighted by Crippen LogP contribution is -2.55. The number of alkyl halides is 3. The molecule has 0 saturated carbocycles. The van der Waals surface area contributed by atoms with Crippen molar-refractivity contribution in [3.05, 3.63) is 56.7 Å². The molecule has 2 heterocycles. The third-order valence-electron chi connectivity index (χ3n) is 4.79. The molecule has 0 unspecified atom stereocenters. The van der Waals surface area contributed by atoms with Gasteiger partial charge in [-0.3, -0.25) is 9.52 Å². The number of halogens is 5.